The Morgan fingerprint density at radius 1 is 1.44 bits per heavy atom. The average Bonchev–Trinajstić information content (AvgIpc) is 2.89. The van der Waals surface area contributed by atoms with E-state index < -0.39 is 5.91 Å². The van der Waals surface area contributed by atoms with Gasteiger partial charge in [-0.25, -0.2) is 0 Å². The maximum atomic E-state index is 11.6. The molecule has 18 heavy (non-hydrogen) atoms. The first-order valence-corrected chi connectivity index (χ1v) is 5.45. The zero-order valence-corrected chi connectivity index (χ0v) is 9.54. The number of aliphatic hydroxyl groups is 1. The number of pyridine rings is 1. The lowest BCUT2D eigenvalue weighted by Crippen LogP contribution is -2.25. The van der Waals surface area contributed by atoms with Crippen LogP contribution in [-0.2, 0) is 0 Å². The van der Waals surface area contributed by atoms with Gasteiger partial charge in [0.25, 0.3) is 0 Å². The van der Waals surface area contributed by atoms with E-state index in [2.05, 4.69) is 20.4 Å². The minimum absolute atomic E-state index is 0.0172. The van der Waals surface area contributed by atoms with Crippen LogP contribution in [0, 0.1) is 0 Å². The third-order valence-electron chi connectivity index (χ3n) is 2.13. The molecular weight excluding hydrogens is 236 g/mol. The van der Waals surface area contributed by atoms with Crippen LogP contribution in [0.1, 0.15) is 17.1 Å². The largest absolute Gasteiger partial charge is 0.396 e. The monoisotopic (exact) mass is 248 g/mol. The van der Waals surface area contributed by atoms with Crippen molar-refractivity contribution in [2.75, 3.05) is 13.2 Å². The van der Waals surface area contributed by atoms with Gasteiger partial charge in [0.1, 0.15) is 5.69 Å². The van der Waals surface area contributed by atoms with Crippen molar-refractivity contribution in [2.45, 2.75) is 6.42 Å². The first-order valence-electron chi connectivity index (χ1n) is 5.45. The van der Waals surface area contributed by atoms with Crippen molar-refractivity contribution in [3.8, 4) is 11.5 Å². The maximum Gasteiger partial charge on any atom is 0.316 e. The van der Waals surface area contributed by atoms with E-state index in [0.717, 1.165) is 0 Å². The SMILES string of the molecule is O=C(NCCCO)c1nc(-c2ccccn2)no1. The smallest absolute Gasteiger partial charge is 0.316 e. The molecule has 0 saturated heterocycles. The zero-order chi connectivity index (χ0) is 12.8. The number of nitrogens with zero attached hydrogens (tertiary/aromatic N) is 3. The average molecular weight is 248 g/mol. The Morgan fingerprint density at radius 3 is 3.06 bits per heavy atom. The summed E-state index contributed by atoms with van der Waals surface area (Å²) in [5.74, 6) is -0.311. The molecule has 7 nitrogen and oxygen atoms in total. The van der Waals surface area contributed by atoms with Crippen LogP contribution < -0.4 is 5.32 Å². The van der Waals surface area contributed by atoms with Crippen LogP contribution in [0.25, 0.3) is 11.5 Å². The summed E-state index contributed by atoms with van der Waals surface area (Å²) in [6, 6.07) is 5.28. The highest BCUT2D eigenvalue weighted by Crippen LogP contribution is 2.11. The Labute approximate surface area is 103 Å². The molecule has 0 aliphatic heterocycles. The topological polar surface area (TPSA) is 101 Å². The third kappa shape index (κ3) is 2.89. The molecule has 0 aromatic carbocycles. The second-order valence-electron chi connectivity index (χ2n) is 3.47. The van der Waals surface area contributed by atoms with Gasteiger partial charge in [0.2, 0.25) is 5.82 Å². The fourth-order valence-electron chi connectivity index (χ4n) is 1.27. The van der Waals surface area contributed by atoms with E-state index in [1.807, 2.05) is 0 Å². The molecule has 0 atom stereocenters. The molecule has 0 fully saturated rings. The molecule has 0 aliphatic rings. The molecule has 0 unspecified atom stereocenters. The van der Waals surface area contributed by atoms with Gasteiger partial charge in [0.05, 0.1) is 0 Å². The lowest BCUT2D eigenvalue weighted by atomic mass is 10.3. The van der Waals surface area contributed by atoms with Crippen molar-refractivity contribution in [1.29, 1.82) is 0 Å². The fraction of sp³-hybridized carbons (Fsp3) is 0.273. The quantitative estimate of drug-likeness (QED) is 0.735. The number of amides is 1. The second-order valence-corrected chi connectivity index (χ2v) is 3.47. The predicted molar refractivity (Wildman–Crippen MR) is 61.6 cm³/mol. The predicted octanol–water partition coefficient (Wildman–Crippen LogP) is 0.244. The maximum absolute atomic E-state index is 11.6. The van der Waals surface area contributed by atoms with Gasteiger partial charge in [0, 0.05) is 19.3 Å². The van der Waals surface area contributed by atoms with E-state index in [0.29, 0.717) is 18.7 Å². The van der Waals surface area contributed by atoms with Crippen LogP contribution in [0.2, 0.25) is 0 Å². The van der Waals surface area contributed by atoms with E-state index in [4.69, 9.17) is 9.63 Å². The molecule has 2 heterocycles. The molecule has 2 aromatic rings. The highest BCUT2D eigenvalue weighted by atomic mass is 16.5. The number of carbonyl (C=O) groups excluding carboxylic acids is 1. The van der Waals surface area contributed by atoms with Crippen molar-refractivity contribution < 1.29 is 14.4 Å². The summed E-state index contributed by atoms with van der Waals surface area (Å²) in [7, 11) is 0. The fourth-order valence-corrected chi connectivity index (χ4v) is 1.27. The number of nitrogens with one attached hydrogen (secondary N) is 1. The normalized spacial score (nSPS) is 10.3. The van der Waals surface area contributed by atoms with Crippen LogP contribution in [0.4, 0.5) is 0 Å². The van der Waals surface area contributed by atoms with Gasteiger partial charge >= 0.3 is 11.8 Å². The van der Waals surface area contributed by atoms with Crippen LogP contribution in [-0.4, -0.2) is 39.3 Å². The van der Waals surface area contributed by atoms with Gasteiger partial charge in [-0.05, 0) is 18.6 Å². The molecule has 0 spiro atoms. The molecule has 0 saturated carbocycles. The molecular formula is C11H12N4O3. The molecule has 7 heteroatoms. The minimum Gasteiger partial charge on any atom is -0.396 e. The van der Waals surface area contributed by atoms with E-state index in [1.165, 1.54) is 0 Å². The van der Waals surface area contributed by atoms with Gasteiger partial charge in [-0.2, -0.15) is 4.98 Å². The first kappa shape index (κ1) is 12.2. The number of rotatable bonds is 5. The lowest BCUT2D eigenvalue weighted by Gasteiger charge is -1.98. The third-order valence-corrected chi connectivity index (χ3v) is 2.13. The van der Waals surface area contributed by atoms with Gasteiger partial charge < -0.3 is 14.9 Å². The van der Waals surface area contributed by atoms with Crippen LogP contribution >= 0.6 is 0 Å². The molecule has 94 valence electrons. The van der Waals surface area contributed by atoms with Crippen molar-refractivity contribution in [1.82, 2.24) is 20.4 Å². The summed E-state index contributed by atoms with van der Waals surface area (Å²) in [6.45, 7) is 0.375. The van der Waals surface area contributed by atoms with Crippen molar-refractivity contribution in [3.63, 3.8) is 0 Å². The molecule has 0 aliphatic carbocycles. The van der Waals surface area contributed by atoms with E-state index in [9.17, 15) is 4.79 Å². The first-order chi connectivity index (χ1) is 8.81. The number of aliphatic hydroxyl groups excluding tert-OH is 1. The second kappa shape index (κ2) is 5.87. The van der Waals surface area contributed by atoms with Crippen molar-refractivity contribution in [2.24, 2.45) is 0 Å². The van der Waals surface area contributed by atoms with Crippen LogP contribution in [0.5, 0.6) is 0 Å². The summed E-state index contributed by atoms with van der Waals surface area (Å²) >= 11 is 0. The van der Waals surface area contributed by atoms with Gasteiger partial charge in [-0.1, -0.05) is 11.2 Å². The Bertz CT molecular complexity index is 512. The van der Waals surface area contributed by atoms with Crippen LogP contribution in [0.3, 0.4) is 0 Å². The van der Waals surface area contributed by atoms with Crippen molar-refractivity contribution in [3.05, 3.63) is 30.3 Å². The van der Waals surface area contributed by atoms with E-state index in [1.54, 1.807) is 24.4 Å². The van der Waals surface area contributed by atoms with E-state index in [-0.39, 0.29) is 18.3 Å². The number of aromatic nitrogens is 3. The number of hydrogen-bond donors (Lipinski definition) is 2. The zero-order valence-electron chi connectivity index (χ0n) is 9.54. The van der Waals surface area contributed by atoms with Crippen LogP contribution in [0.15, 0.2) is 28.9 Å². The van der Waals surface area contributed by atoms with Gasteiger partial charge in [0.15, 0.2) is 0 Å². The summed E-state index contributed by atoms with van der Waals surface area (Å²) in [4.78, 5) is 19.5. The Kier molecular flexibility index (Phi) is 3.98. The molecule has 2 aromatic heterocycles. The Morgan fingerprint density at radius 2 is 2.33 bits per heavy atom. The Hall–Kier alpha value is -2.28. The van der Waals surface area contributed by atoms with E-state index >= 15 is 0 Å². The standard InChI is InChI=1S/C11H12N4O3/c16-7-3-6-13-10(17)11-14-9(15-18-11)8-4-1-2-5-12-8/h1-2,4-5,16H,3,6-7H2,(H,13,17). The summed E-state index contributed by atoms with van der Waals surface area (Å²) in [6.07, 6.45) is 2.08. The van der Waals surface area contributed by atoms with Gasteiger partial charge in [-0.3, -0.25) is 9.78 Å². The van der Waals surface area contributed by atoms with Crippen molar-refractivity contribution >= 4 is 5.91 Å². The highest BCUT2D eigenvalue weighted by molar-refractivity contribution is 5.89. The molecule has 0 radical (unpaired) electrons. The Balaban J connectivity index is 2.04. The number of hydrogen-bond acceptors (Lipinski definition) is 6. The summed E-state index contributed by atoms with van der Waals surface area (Å²) in [5.41, 5.74) is 0.538. The molecule has 1 amide bonds. The molecule has 2 N–H and O–H groups in total. The summed E-state index contributed by atoms with van der Waals surface area (Å²) in [5, 5.41) is 14.8. The number of carbonyl (C=O) groups is 1. The van der Waals surface area contributed by atoms with Gasteiger partial charge in [-0.15, -0.1) is 0 Å². The highest BCUT2D eigenvalue weighted by Gasteiger charge is 2.15. The minimum atomic E-state index is -0.460. The molecule has 2 rings (SSSR count). The lowest BCUT2D eigenvalue weighted by molar-refractivity contribution is 0.0907. The summed E-state index contributed by atoms with van der Waals surface area (Å²) < 4.78 is 4.84. The molecule has 0 bridgehead atoms.